The van der Waals surface area contributed by atoms with E-state index in [4.69, 9.17) is 42.0 Å². The summed E-state index contributed by atoms with van der Waals surface area (Å²) in [6, 6.07) is 9.19. The van der Waals surface area contributed by atoms with Crippen LogP contribution in [0.5, 0.6) is 0 Å². The predicted octanol–water partition coefficient (Wildman–Crippen LogP) is 11.4. The van der Waals surface area contributed by atoms with Gasteiger partial charge in [-0.05, 0) is 105 Å². The Kier molecular flexibility index (Phi) is 19.3. The van der Waals surface area contributed by atoms with Gasteiger partial charge in [-0.3, -0.25) is 19.2 Å². The zero-order valence-corrected chi connectivity index (χ0v) is 53.3. The minimum atomic E-state index is -3.05. The minimum Gasteiger partial charge on any atom is -0.454 e. The van der Waals surface area contributed by atoms with Crippen LogP contribution in [-0.2, 0) is 66.0 Å². The Morgan fingerprint density at radius 1 is 0.840 bits per heavy atom. The molecule has 1 spiro atoms. The molecule has 4 aliphatic carbocycles. The fraction of sp³-hybridized carbons (Fsp3) is 0.726. The number of fused-ring (bicyclic) bond motifs is 4. The number of carbonyl (C=O) groups is 7. The molecular weight excluding hydrogens is 1070 g/mol. The summed E-state index contributed by atoms with van der Waals surface area (Å²) in [6.45, 7) is 32.2. The quantitative estimate of drug-likeness (QED) is 0.0335. The van der Waals surface area contributed by atoms with Gasteiger partial charge in [0.1, 0.15) is 6.10 Å². The van der Waals surface area contributed by atoms with E-state index in [0.29, 0.717) is 37.4 Å². The SMILES string of the molecule is CCCCCC(=O)N[C@@H](C=C(C)C)[C@@H](O[Si](C(C)C)(C(C)C)C(C)C)C(=O)O[C@@H]1C(C)=C2[C@@H](OC(=O)C3CC3)C(=O)[C@@]3(C)C([C@H](OC(=O)c4ccccc4)[C@@]4(OC(=O)O[C@@H]14)C2(C)C)[C@]1(OC(C)=O)CO[C@@H]1C[C@@H]3O[Si](CC)(CC)CC. The van der Waals surface area contributed by atoms with Gasteiger partial charge in [-0.2, -0.15) is 0 Å². The van der Waals surface area contributed by atoms with Crippen molar-refractivity contribution >= 4 is 58.4 Å². The summed E-state index contributed by atoms with van der Waals surface area (Å²) in [5.74, 6) is -6.03. The first-order chi connectivity index (χ1) is 38.0. The topological polar surface area (TPSA) is 215 Å². The molecule has 3 saturated carbocycles. The maximum atomic E-state index is 17.1. The lowest BCUT2D eigenvalue weighted by Crippen LogP contribution is -2.83. The van der Waals surface area contributed by atoms with Gasteiger partial charge < -0.3 is 47.3 Å². The van der Waals surface area contributed by atoms with Crippen molar-refractivity contribution in [3.8, 4) is 0 Å². The van der Waals surface area contributed by atoms with Crippen molar-refractivity contribution in [3.05, 3.63) is 58.7 Å². The highest BCUT2D eigenvalue weighted by molar-refractivity contribution is 6.77. The number of benzene rings is 1. The van der Waals surface area contributed by atoms with E-state index >= 15 is 14.4 Å². The number of hydrogen-bond donors (Lipinski definition) is 1. The third kappa shape index (κ3) is 11.3. The van der Waals surface area contributed by atoms with Crippen LogP contribution in [0.15, 0.2) is 53.1 Å². The molecule has 81 heavy (non-hydrogen) atoms. The first-order valence-electron chi connectivity index (χ1n) is 30.0. The number of ether oxygens (including phenoxy) is 7. The normalized spacial score (nSPS) is 30.2. The molecule has 2 heterocycles. The van der Waals surface area contributed by atoms with Gasteiger partial charge in [0.15, 0.2) is 50.2 Å². The number of amides is 1. The van der Waals surface area contributed by atoms with E-state index in [2.05, 4.69) is 67.6 Å². The molecular formula is C62H93NO16Si2. The van der Waals surface area contributed by atoms with E-state index < -0.39 is 135 Å². The Morgan fingerprint density at radius 2 is 1.46 bits per heavy atom. The molecule has 17 nitrogen and oxygen atoms in total. The molecule has 450 valence electrons. The first kappa shape index (κ1) is 63.9. The number of allylic oxidation sites excluding steroid dienone is 1. The Bertz CT molecular complexity index is 2570. The van der Waals surface area contributed by atoms with Crippen LogP contribution < -0.4 is 5.32 Å². The molecule has 1 unspecified atom stereocenters. The van der Waals surface area contributed by atoms with Crippen molar-refractivity contribution < 1.29 is 75.6 Å². The summed E-state index contributed by atoms with van der Waals surface area (Å²) in [4.78, 5) is 106. The molecule has 1 N–H and O–H groups in total. The predicted molar refractivity (Wildman–Crippen MR) is 308 cm³/mol. The standard InChI is InChI=1S/C62H93NO16Si2/c1-18-22-24-29-46(65)63-43(32-35(5)6)49(79-81(36(7)8,37(9)10)38(11)12)57(69)72-48-39(13)47-50(73-55(67)42-30-31-42)52(66)60(17)44(78-80(19-2,20-3)21-4)33-45-61(34-71-45,76-40(14)64)51(60)54(74-56(68)41-27-25-23-26-28-41)62(59(47,15)16)53(48)75-58(70)77-62/h23,25-28,32,36-38,42-45,48-51,53-54H,18-22,24,29-31,33-34H2,1-17H3,(H,63,65)/t43-,44-,45+,48+,49+,50+,51?,53-,54-,60+,61-,62+/m0/s1. The molecule has 1 aromatic rings. The van der Waals surface area contributed by atoms with Gasteiger partial charge in [-0.15, -0.1) is 0 Å². The first-order valence-corrected chi connectivity index (χ1v) is 34.6. The second kappa shape index (κ2) is 24.5. The largest absolute Gasteiger partial charge is 0.509 e. The van der Waals surface area contributed by atoms with E-state index in [1.807, 2.05) is 20.8 Å². The summed E-state index contributed by atoms with van der Waals surface area (Å²) in [5.41, 5.74) is -6.47. The number of esters is 4. The summed E-state index contributed by atoms with van der Waals surface area (Å²) >= 11 is 0. The maximum Gasteiger partial charge on any atom is 0.509 e. The van der Waals surface area contributed by atoms with Gasteiger partial charge in [0.2, 0.25) is 19.8 Å². The van der Waals surface area contributed by atoms with Crippen LogP contribution in [0.4, 0.5) is 4.79 Å². The zero-order valence-electron chi connectivity index (χ0n) is 51.3. The third-order valence-electron chi connectivity index (χ3n) is 19.5. The summed E-state index contributed by atoms with van der Waals surface area (Å²) in [7, 11) is -5.77. The highest BCUT2D eigenvalue weighted by Crippen LogP contribution is 2.68. The summed E-state index contributed by atoms with van der Waals surface area (Å²) < 4.78 is 61.7. The lowest BCUT2D eigenvalue weighted by Gasteiger charge is -2.68. The van der Waals surface area contributed by atoms with E-state index in [-0.39, 0.29) is 58.7 Å². The lowest BCUT2D eigenvalue weighted by molar-refractivity contribution is -0.344. The molecule has 7 rings (SSSR count). The second-order valence-corrected chi connectivity index (χ2v) is 35.9. The molecule has 1 aromatic carbocycles. The van der Waals surface area contributed by atoms with Gasteiger partial charge >= 0.3 is 30.0 Å². The van der Waals surface area contributed by atoms with Crippen molar-refractivity contribution in [2.75, 3.05) is 6.61 Å². The maximum absolute atomic E-state index is 17.1. The van der Waals surface area contributed by atoms with Crippen molar-refractivity contribution in [2.24, 2.45) is 22.7 Å². The van der Waals surface area contributed by atoms with Crippen molar-refractivity contribution in [1.29, 1.82) is 0 Å². The van der Waals surface area contributed by atoms with Crippen LogP contribution in [0.3, 0.4) is 0 Å². The van der Waals surface area contributed by atoms with Gasteiger partial charge in [0.05, 0.1) is 41.6 Å². The van der Waals surface area contributed by atoms with Crippen LogP contribution in [0.1, 0.15) is 173 Å². The molecule has 12 atom stereocenters. The van der Waals surface area contributed by atoms with Gasteiger partial charge in [-0.1, -0.05) is 126 Å². The number of Topliss-reactive ketones (excluding diaryl/α,β-unsaturated/α-hetero) is 1. The van der Waals surface area contributed by atoms with Gasteiger partial charge in [0, 0.05) is 25.2 Å². The van der Waals surface area contributed by atoms with Crippen LogP contribution in [0.25, 0.3) is 0 Å². The van der Waals surface area contributed by atoms with E-state index in [9.17, 15) is 19.2 Å². The molecule has 1 amide bonds. The average molecular weight is 1160 g/mol. The molecule has 6 aliphatic rings. The smallest absolute Gasteiger partial charge is 0.454 e. The Balaban J connectivity index is 1.57. The molecule has 2 saturated heterocycles. The second-order valence-electron chi connectivity index (χ2n) is 25.8. The van der Waals surface area contributed by atoms with Gasteiger partial charge in [-0.25, -0.2) is 14.4 Å². The monoisotopic (exact) mass is 1160 g/mol. The molecule has 19 heteroatoms. The van der Waals surface area contributed by atoms with E-state index in [1.165, 1.54) is 6.92 Å². The number of hydrogen-bond acceptors (Lipinski definition) is 16. The molecule has 2 bridgehead atoms. The summed E-state index contributed by atoms with van der Waals surface area (Å²) in [5, 5.41) is 3.13. The zero-order chi connectivity index (χ0) is 59.9. The van der Waals surface area contributed by atoms with E-state index in [1.54, 1.807) is 64.1 Å². The molecule has 0 radical (unpaired) electrons. The third-order valence-corrected chi connectivity index (χ3v) is 30.2. The molecule has 0 aromatic heterocycles. The number of carbonyl (C=O) groups excluding carboxylic acids is 7. The molecule has 2 aliphatic heterocycles. The van der Waals surface area contributed by atoms with Crippen molar-refractivity contribution in [3.63, 3.8) is 0 Å². The van der Waals surface area contributed by atoms with Crippen LogP contribution in [-0.4, -0.2) is 125 Å². The average Bonchev–Trinajstić information content (AvgIpc) is 2.50. The highest BCUT2D eigenvalue weighted by Gasteiger charge is 2.84. The number of ketones is 1. The fourth-order valence-corrected chi connectivity index (χ4v) is 23.5. The minimum absolute atomic E-state index is 0.0342. The van der Waals surface area contributed by atoms with Crippen LogP contribution >= 0.6 is 0 Å². The van der Waals surface area contributed by atoms with Crippen molar-refractivity contribution in [2.45, 2.75) is 257 Å². The fourth-order valence-electron chi connectivity index (χ4n) is 15.0. The highest BCUT2D eigenvalue weighted by atomic mass is 28.4. The molecule has 5 fully saturated rings. The summed E-state index contributed by atoms with van der Waals surface area (Å²) in [6.07, 6.45) is -6.02. The number of rotatable bonds is 24. The van der Waals surface area contributed by atoms with Crippen LogP contribution in [0, 0.1) is 22.7 Å². The Morgan fingerprint density at radius 3 is 1.98 bits per heavy atom. The Labute approximate surface area is 482 Å². The lowest BCUT2D eigenvalue weighted by atomic mass is 9.44. The Hall–Kier alpha value is -4.70. The van der Waals surface area contributed by atoms with Crippen molar-refractivity contribution in [1.82, 2.24) is 5.32 Å². The van der Waals surface area contributed by atoms with E-state index in [0.717, 1.165) is 18.4 Å². The number of unbranched alkanes of at least 4 members (excludes halogenated alkanes) is 2. The number of nitrogens with one attached hydrogen (secondary N) is 1. The van der Waals surface area contributed by atoms with Crippen LogP contribution in [0.2, 0.25) is 34.8 Å². The van der Waals surface area contributed by atoms with Gasteiger partial charge in [0.25, 0.3) is 0 Å².